The van der Waals surface area contributed by atoms with Crippen LogP contribution in [0, 0.1) is 0 Å². The Labute approximate surface area is 237 Å². The minimum atomic E-state index is -1.53. The zero-order valence-corrected chi connectivity index (χ0v) is 24.2. The third-order valence-electron chi connectivity index (χ3n) is 6.64. The summed E-state index contributed by atoms with van der Waals surface area (Å²) in [6, 6.07) is 0. The van der Waals surface area contributed by atoms with Gasteiger partial charge in [0.25, 0.3) is 0 Å². The molecule has 1 rings (SSSR count). The zero-order chi connectivity index (χ0) is 29.9. The van der Waals surface area contributed by atoms with Crippen LogP contribution in [0.25, 0.3) is 0 Å². The van der Waals surface area contributed by atoms with E-state index < -0.39 is 80.6 Å². The van der Waals surface area contributed by atoms with Gasteiger partial charge < -0.3 is 44.1 Å². The van der Waals surface area contributed by atoms with Gasteiger partial charge in [0.1, 0.15) is 31.0 Å². The molecule has 0 radical (unpaired) electrons. The first-order chi connectivity index (χ1) is 19.1. The average molecular weight is 579 g/mol. The van der Waals surface area contributed by atoms with Gasteiger partial charge in [-0.15, -0.1) is 0 Å². The van der Waals surface area contributed by atoms with Gasteiger partial charge in [0, 0.05) is 19.8 Å². The Kier molecular flexibility index (Phi) is 19.0. The zero-order valence-electron chi connectivity index (χ0n) is 24.2. The summed E-state index contributed by atoms with van der Waals surface area (Å²) in [5, 5.41) is 39.9. The molecular weight excluding hydrogens is 528 g/mol. The molecule has 1 aliphatic heterocycles. The van der Waals surface area contributed by atoms with Crippen LogP contribution in [-0.2, 0) is 38.1 Å². The topological polar surface area (TPSA) is 178 Å². The standard InChI is InChI=1S/C28H50O12/c1-4-6-8-10-12-14-23(33)39-26-25(35)22(18-36-19(3)30)38-28(37-17-21(32)20(31)16-29)27(26)40-24(34)15-13-11-9-7-5-2/h20-22,25-29,31-32,35H,4-18H2,1-3H3/t20-,21+,22-,25-,26+,27+,28-/m1/s1. The summed E-state index contributed by atoms with van der Waals surface area (Å²) in [7, 11) is 0. The van der Waals surface area contributed by atoms with Crippen molar-refractivity contribution in [2.45, 2.75) is 141 Å². The molecule has 40 heavy (non-hydrogen) atoms. The van der Waals surface area contributed by atoms with Crippen molar-refractivity contribution >= 4 is 17.9 Å². The molecule has 1 heterocycles. The van der Waals surface area contributed by atoms with Crippen LogP contribution in [0.4, 0.5) is 0 Å². The molecule has 4 N–H and O–H groups in total. The van der Waals surface area contributed by atoms with Crippen molar-refractivity contribution < 1.29 is 58.5 Å². The molecule has 0 unspecified atom stereocenters. The summed E-state index contributed by atoms with van der Waals surface area (Å²) in [4.78, 5) is 36.9. The molecular formula is C28H50O12. The maximum atomic E-state index is 12.7. The van der Waals surface area contributed by atoms with E-state index in [-0.39, 0.29) is 12.8 Å². The second-order valence-corrected chi connectivity index (χ2v) is 10.2. The molecule has 0 bridgehead atoms. The number of carbonyl (C=O) groups excluding carboxylic acids is 3. The largest absolute Gasteiger partial charge is 0.463 e. The van der Waals surface area contributed by atoms with E-state index in [2.05, 4.69) is 13.8 Å². The van der Waals surface area contributed by atoms with Crippen molar-refractivity contribution in [3.63, 3.8) is 0 Å². The van der Waals surface area contributed by atoms with Gasteiger partial charge in [0.15, 0.2) is 18.5 Å². The van der Waals surface area contributed by atoms with E-state index in [1.807, 2.05) is 0 Å². The van der Waals surface area contributed by atoms with Crippen LogP contribution < -0.4 is 0 Å². The molecule has 1 fully saturated rings. The first-order valence-corrected chi connectivity index (χ1v) is 14.6. The van der Waals surface area contributed by atoms with Gasteiger partial charge in [0.05, 0.1) is 13.2 Å². The van der Waals surface area contributed by atoms with Crippen molar-refractivity contribution in [3.8, 4) is 0 Å². The Balaban J connectivity index is 3.08. The first kappa shape index (κ1) is 36.2. The number of esters is 3. The Hall–Kier alpha value is -1.83. The minimum absolute atomic E-state index is 0.0872. The van der Waals surface area contributed by atoms with E-state index in [4.69, 9.17) is 28.8 Å². The Morgan fingerprint density at radius 3 is 1.82 bits per heavy atom. The number of ether oxygens (including phenoxy) is 5. The summed E-state index contributed by atoms with van der Waals surface area (Å²) in [5.41, 5.74) is 0. The summed E-state index contributed by atoms with van der Waals surface area (Å²) < 4.78 is 27.6. The minimum Gasteiger partial charge on any atom is -0.463 e. The van der Waals surface area contributed by atoms with E-state index in [9.17, 15) is 29.7 Å². The van der Waals surface area contributed by atoms with Crippen LogP contribution in [0.2, 0.25) is 0 Å². The summed E-state index contributed by atoms with van der Waals surface area (Å²) in [6.07, 6.45) is -0.838. The first-order valence-electron chi connectivity index (χ1n) is 14.6. The lowest BCUT2D eigenvalue weighted by Gasteiger charge is -2.43. The van der Waals surface area contributed by atoms with Gasteiger partial charge in [-0.05, 0) is 12.8 Å². The summed E-state index contributed by atoms with van der Waals surface area (Å²) >= 11 is 0. The third-order valence-corrected chi connectivity index (χ3v) is 6.64. The van der Waals surface area contributed by atoms with Gasteiger partial charge in [-0.3, -0.25) is 14.4 Å². The molecule has 12 nitrogen and oxygen atoms in total. The van der Waals surface area contributed by atoms with Crippen molar-refractivity contribution in [1.82, 2.24) is 0 Å². The molecule has 0 amide bonds. The van der Waals surface area contributed by atoms with Crippen LogP contribution in [0.15, 0.2) is 0 Å². The molecule has 0 aliphatic carbocycles. The number of rotatable bonds is 21. The lowest BCUT2D eigenvalue weighted by molar-refractivity contribution is -0.311. The molecule has 0 aromatic heterocycles. The van der Waals surface area contributed by atoms with Gasteiger partial charge in [-0.2, -0.15) is 0 Å². The van der Waals surface area contributed by atoms with Crippen molar-refractivity contribution in [2.24, 2.45) is 0 Å². The number of unbranched alkanes of at least 4 members (excludes halogenated alkanes) is 8. The maximum absolute atomic E-state index is 12.7. The van der Waals surface area contributed by atoms with Gasteiger partial charge in [0.2, 0.25) is 0 Å². The molecule has 0 saturated carbocycles. The highest BCUT2D eigenvalue weighted by Crippen LogP contribution is 2.29. The second-order valence-electron chi connectivity index (χ2n) is 10.2. The SMILES string of the molecule is CCCCCCCC(=O)O[C@@H]1[C@H](OC[C@H](O)[C@H](O)CO)O[C@H](COC(C)=O)[C@@H](O)[C@@H]1OC(=O)CCCCCCC. The van der Waals surface area contributed by atoms with E-state index in [1.54, 1.807) is 0 Å². The fourth-order valence-electron chi connectivity index (χ4n) is 4.22. The van der Waals surface area contributed by atoms with Gasteiger partial charge in [-0.25, -0.2) is 0 Å². The predicted octanol–water partition coefficient (Wildman–Crippen LogP) is 1.91. The highest BCUT2D eigenvalue weighted by molar-refractivity contribution is 5.71. The molecule has 12 heteroatoms. The lowest BCUT2D eigenvalue weighted by atomic mass is 9.98. The fourth-order valence-corrected chi connectivity index (χ4v) is 4.22. The van der Waals surface area contributed by atoms with Gasteiger partial charge >= 0.3 is 17.9 Å². The summed E-state index contributed by atoms with van der Waals surface area (Å²) in [5.74, 6) is -1.85. The fraction of sp³-hybridized carbons (Fsp3) is 0.893. The molecule has 1 saturated heterocycles. The normalized spacial score (nSPS) is 24.2. The molecule has 1 aliphatic rings. The second kappa shape index (κ2) is 21.0. The van der Waals surface area contributed by atoms with Crippen LogP contribution in [0.5, 0.6) is 0 Å². The Morgan fingerprint density at radius 2 is 1.32 bits per heavy atom. The van der Waals surface area contributed by atoms with Crippen LogP contribution in [0.1, 0.15) is 97.8 Å². The van der Waals surface area contributed by atoms with Crippen LogP contribution >= 0.6 is 0 Å². The number of aliphatic hydroxyl groups is 4. The number of hydrogen-bond donors (Lipinski definition) is 4. The molecule has 7 atom stereocenters. The maximum Gasteiger partial charge on any atom is 0.306 e. The Bertz CT molecular complexity index is 717. The molecule has 0 aromatic carbocycles. The predicted molar refractivity (Wildman–Crippen MR) is 143 cm³/mol. The van der Waals surface area contributed by atoms with Crippen molar-refractivity contribution in [1.29, 1.82) is 0 Å². The monoisotopic (exact) mass is 578 g/mol. The number of aliphatic hydroxyl groups excluding tert-OH is 4. The van der Waals surface area contributed by atoms with Crippen LogP contribution in [-0.4, -0.2) is 101 Å². The molecule has 0 spiro atoms. The quantitative estimate of drug-likeness (QED) is 0.0885. The van der Waals surface area contributed by atoms with Crippen molar-refractivity contribution in [2.75, 3.05) is 19.8 Å². The average Bonchev–Trinajstić information content (AvgIpc) is 2.92. The molecule has 234 valence electrons. The summed E-state index contributed by atoms with van der Waals surface area (Å²) in [6.45, 7) is 3.69. The van der Waals surface area contributed by atoms with E-state index in [1.165, 1.54) is 6.92 Å². The number of hydrogen-bond acceptors (Lipinski definition) is 12. The van der Waals surface area contributed by atoms with E-state index >= 15 is 0 Å². The highest BCUT2D eigenvalue weighted by atomic mass is 16.7. The van der Waals surface area contributed by atoms with Gasteiger partial charge in [-0.1, -0.05) is 65.2 Å². The van der Waals surface area contributed by atoms with E-state index in [0.717, 1.165) is 51.4 Å². The smallest absolute Gasteiger partial charge is 0.306 e. The van der Waals surface area contributed by atoms with Crippen molar-refractivity contribution in [3.05, 3.63) is 0 Å². The molecule has 0 aromatic rings. The van der Waals surface area contributed by atoms with Crippen LogP contribution in [0.3, 0.4) is 0 Å². The lowest BCUT2D eigenvalue weighted by Crippen LogP contribution is -2.62. The Morgan fingerprint density at radius 1 is 0.800 bits per heavy atom. The highest BCUT2D eigenvalue weighted by Gasteiger charge is 2.51. The third kappa shape index (κ3) is 14.2. The number of carbonyl (C=O) groups is 3. The van der Waals surface area contributed by atoms with E-state index in [0.29, 0.717) is 12.8 Å².